The number of ether oxygens (including phenoxy) is 1. The van der Waals surface area contributed by atoms with Gasteiger partial charge in [-0.1, -0.05) is 33.6 Å². The topological polar surface area (TPSA) is 26.3 Å². The van der Waals surface area contributed by atoms with Crippen molar-refractivity contribution in [2.24, 2.45) is 17.8 Å². The second kappa shape index (κ2) is 5.50. The van der Waals surface area contributed by atoms with E-state index in [2.05, 4.69) is 20.8 Å². The van der Waals surface area contributed by atoms with Crippen LogP contribution in [-0.4, -0.2) is 19.0 Å². The fraction of sp³-hybridized carbons (Fsp3) is 0.917. The lowest BCUT2D eigenvalue weighted by Crippen LogP contribution is -2.37. The quantitative estimate of drug-likeness (QED) is 0.692. The Labute approximate surface area is 87.0 Å². The molecule has 0 aromatic rings. The molecule has 0 aliphatic heterocycles. The monoisotopic (exact) mass is 197 g/mol. The molecule has 1 fully saturated rings. The predicted molar refractivity (Wildman–Crippen MR) is 56.8 cm³/mol. The molecule has 0 aromatic carbocycles. The lowest BCUT2D eigenvalue weighted by Gasteiger charge is -2.38. The van der Waals surface area contributed by atoms with E-state index in [1.165, 1.54) is 12.8 Å². The van der Waals surface area contributed by atoms with Gasteiger partial charge in [0, 0.05) is 0 Å². The van der Waals surface area contributed by atoms with Crippen LogP contribution in [-0.2, 0) is 9.53 Å². The van der Waals surface area contributed by atoms with Gasteiger partial charge in [-0.05, 0) is 24.2 Å². The van der Waals surface area contributed by atoms with Crippen molar-refractivity contribution >= 4 is 6.29 Å². The summed E-state index contributed by atoms with van der Waals surface area (Å²) in [6.45, 7) is 6.92. The Bertz CT molecular complexity index is 177. The molecule has 1 aliphatic rings. The molecule has 0 spiro atoms. The van der Waals surface area contributed by atoms with Gasteiger partial charge in [0.25, 0.3) is 0 Å². The molecule has 3 unspecified atom stereocenters. The standard InChI is InChI=1S/C12H21O2/c1-9(2)12-10(3)5-4-6-11(12)14-8-7-13/h9-12H,4-6,8H2,1-3H3. The molecule has 1 aliphatic carbocycles. The average Bonchev–Trinajstić information content (AvgIpc) is 2.14. The Kier molecular flexibility index (Phi) is 4.59. The molecule has 0 N–H and O–H groups in total. The SMILES string of the molecule is CC(C)C1C(C)CCCC1OC[C]=O. The molecule has 2 heteroatoms. The van der Waals surface area contributed by atoms with E-state index < -0.39 is 0 Å². The molecule has 3 atom stereocenters. The van der Waals surface area contributed by atoms with Crippen LogP contribution < -0.4 is 0 Å². The first-order valence-electron chi connectivity index (χ1n) is 5.63. The van der Waals surface area contributed by atoms with Crippen molar-refractivity contribution in [3.63, 3.8) is 0 Å². The van der Waals surface area contributed by atoms with Crippen molar-refractivity contribution in [2.45, 2.75) is 46.1 Å². The summed E-state index contributed by atoms with van der Waals surface area (Å²) in [5.74, 6) is 1.97. The van der Waals surface area contributed by atoms with Crippen LogP contribution in [0.3, 0.4) is 0 Å². The van der Waals surface area contributed by atoms with E-state index in [4.69, 9.17) is 4.74 Å². The summed E-state index contributed by atoms with van der Waals surface area (Å²) in [5.41, 5.74) is 0. The molecule has 0 heterocycles. The highest BCUT2D eigenvalue weighted by Gasteiger charge is 2.33. The molecule has 1 radical (unpaired) electrons. The molecular formula is C12H21O2. The molecule has 0 bridgehead atoms. The highest BCUT2D eigenvalue weighted by molar-refractivity contribution is 5.51. The first-order chi connectivity index (χ1) is 6.66. The van der Waals surface area contributed by atoms with Gasteiger partial charge in [-0.2, -0.15) is 0 Å². The molecule has 81 valence electrons. The van der Waals surface area contributed by atoms with Gasteiger partial charge < -0.3 is 4.74 Å². The summed E-state index contributed by atoms with van der Waals surface area (Å²) in [6.07, 6.45) is 5.73. The van der Waals surface area contributed by atoms with Gasteiger partial charge in [0.1, 0.15) is 6.61 Å². The van der Waals surface area contributed by atoms with Gasteiger partial charge in [-0.3, -0.25) is 4.79 Å². The van der Waals surface area contributed by atoms with E-state index in [1.807, 2.05) is 6.29 Å². The molecule has 1 saturated carbocycles. The fourth-order valence-electron chi connectivity index (χ4n) is 2.81. The number of hydrogen-bond acceptors (Lipinski definition) is 2. The Morgan fingerprint density at radius 1 is 1.43 bits per heavy atom. The van der Waals surface area contributed by atoms with Crippen molar-refractivity contribution in [2.75, 3.05) is 6.61 Å². The Morgan fingerprint density at radius 3 is 2.71 bits per heavy atom. The van der Waals surface area contributed by atoms with Crippen LogP contribution in [0.25, 0.3) is 0 Å². The van der Waals surface area contributed by atoms with Crippen molar-refractivity contribution in [3.8, 4) is 0 Å². The third-order valence-corrected chi connectivity index (χ3v) is 3.36. The van der Waals surface area contributed by atoms with E-state index in [1.54, 1.807) is 0 Å². The Morgan fingerprint density at radius 2 is 2.14 bits per heavy atom. The molecular weight excluding hydrogens is 176 g/mol. The van der Waals surface area contributed by atoms with E-state index in [9.17, 15) is 4.79 Å². The maximum Gasteiger partial charge on any atom is 0.226 e. The molecule has 0 aromatic heterocycles. The Balaban J connectivity index is 2.55. The van der Waals surface area contributed by atoms with Crippen molar-refractivity contribution < 1.29 is 9.53 Å². The highest BCUT2D eigenvalue weighted by Crippen LogP contribution is 2.36. The molecule has 14 heavy (non-hydrogen) atoms. The minimum absolute atomic E-state index is 0.139. The zero-order chi connectivity index (χ0) is 10.6. The summed E-state index contributed by atoms with van der Waals surface area (Å²) in [7, 11) is 0. The fourth-order valence-corrected chi connectivity index (χ4v) is 2.81. The molecule has 2 nitrogen and oxygen atoms in total. The van der Waals surface area contributed by atoms with Crippen LogP contribution in [0.4, 0.5) is 0 Å². The second-order valence-electron chi connectivity index (χ2n) is 4.72. The summed E-state index contributed by atoms with van der Waals surface area (Å²) in [5, 5.41) is 0. The number of carbonyl (C=O) groups excluding carboxylic acids is 1. The van der Waals surface area contributed by atoms with Crippen molar-refractivity contribution in [3.05, 3.63) is 0 Å². The summed E-state index contributed by atoms with van der Waals surface area (Å²) >= 11 is 0. The summed E-state index contributed by atoms with van der Waals surface area (Å²) in [4.78, 5) is 10.2. The summed E-state index contributed by atoms with van der Waals surface area (Å²) in [6, 6.07) is 0. The van der Waals surface area contributed by atoms with Gasteiger partial charge in [-0.25, -0.2) is 0 Å². The van der Waals surface area contributed by atoms with Gasteiger partial charge in [0.2, 0.25) is 6.29 Å². The van der Waals surface area contributed by atoms with Gasteiger partial charge in [0.05, 0.1) is 6.10 Å². The second-order valence-corrected chi connectivity index (χ2v) is 4.72. The Hall–Kier alpha value is -0.370. The van der Waals surface area contributed by atoms with Crippen LogP contribution in [0.2, 0.25) is 0 Å². The zero-order valence-corrected chi connectivity index (χ0v) is 9.45. The van der Waals surface area contributed by atoms with Crippen LogP contribution >= 0.6 is 0 Å². The minimum Gasteiger partial charge on any atom is -0.370 e. The van der Waals surface area contributed by atoms with Crippen LogP contribution in [0.15, 0.2) is 0 Å². The van der Waals surface area contributed by atoms with E-state index in [0.717, 1.165) is 12.3 Å². The maximum atomic E-state index is 10.2. The van der Waals surface area contributed by atoms with E-state index in [0.29, 0.717) is 11.8 Å². The van der Waals surface area contributed by atoms with Crippen LogP contribution in [0, 0.1) is 17.8 Å². The number of rotatable bonds is 4. The lowest BCUT2D eigenvalue weighted by molar-refractivity contribution is -0.0317. The highest BCUT2D eigenvalue weighted by atomic mass is 16.5. The third kappa shape index (κ3) is 2.81. The lowest BCUT2D eigenvalue weighted by atomic mass is 9.72. The van der Waals surface area contributed by atoms with Gasteiger partial charge in [0.15, 0.2) is 0 Å². The summed E-state index contributed by atoms with van der Waals surface area (Å²) < 4.78 is 5.55. The van der Waals surface area contributed by atoms with Crippen LogP contribution in [0.1, 0.15) is 40.0 Å². The zero-order valence-electron chi connectivity index (χ0n) is 9.45. The third-order valence-electron chi connectivity index (χ3n) is 3.36. The van der Waals surface area contributed by atoms with Crippen molar-refractivity contribution in [1.29, 1.82) is 0 Å². The van der Waals surface area contributed by atoms with E-state index in [-0.39, 0.29) is 12.7 Å². The molecule has 1 rings (SSSR count). The van der Waals surface area contributed by atoms with Crippen LogP contribution in [0.5, 0.6) is 0 Å². The average molecular weight is 197 g/mol. The molecule has 0 saturated heterocycles. The normalized spacial score (nSPS) is 33.3. The largest absolute Gasteiger partial charge is 0.370 e. The maximum absolute atomic E-state index is 10.2. The smallest absolute Gasteiger partial charge is 0.226 e. The molecule has 0 amide bonds. The minimum atomic E-state index is 0.139. The van der Waals surface area contributed by atoms with Gasteiger partial charge in [-0.15, -0.1) is 0 Å². The first kappa shape index (κ1) is 11.7. The van der Waals surface area contributed by atoms with Gasteiger partial charge >= 0.3 is 0 Å². The number of hydrogen-bond donors (Lipinski definition) is 0. The first-order valence-corrected chi connectivity index (χ1v) is 5.63. The van der Waals surface area contributed by atoms with Crippen molar-refractivity contribution in [1.82, 2.24) is 0 Å². The van der Waals surface area contributed by atoms with E-state index >= 15 is 0 Å². The predicted octanol–water partition coefficient (Wildman–Crippen LogP) is 2.57.